The molecule has 0 atom stereocenters. The number of urea groups is 1. The maximum absolute atomic E-state index is 12.2. The van der Waals surface area contributed by atoms with E-state index in [4.69, 9.17) is 5.73 Å². The van der Waals surface area contributed by atoms with Crippen LogP contribution in [0.1, 0.15) is 24.4 Å². The number of primary amides is 1. The lowest BCUT2D eigenvalue weighted by Gasteiger charge is -2.32. The summed E-state index contributed by atoms with van der Waals surface area (Å²) < 4.78 is 1.96. The summed E-state index contributed by atoms with van der Waals surface area (Å²) in [5, 5.41) is 5.43. The summed E-state index contributed by atoms with van der Waals surface area (Å²) in [5.41, 5.74) is 8.21. The van der Waals surface area contributed by atoms with Crippen molar-refractivity contribution in [2.45, 2.75) is 25.4 Å². The van der Waals surface area contributed by atoms with Gasteiger partial charge in [0.05, 0.1) is 23.3 Å². The van der Waals surface area contributed by atoms with E-state index < -0.39 is 6.03 Å². The Balaban J connectivity index is 1.37. The third-order valence-electron chi connectivity index (χ3n) is 5.79. The predicted molar refractivity (Wildman–Crippen MR) is 121 cm³/mol. The molecule has 32 heavy (non-hydrogen) atoms. The number of hydrogen-bond donors (Lipinski definition) is 1. The van der Waals surface area contributed by atoms with Gasteiger partial charge in [0.1, 0.15) is 0 Å². The monoisotopic (exact) mass is 428 g/mol. The van der Waals surface area contributed by atoms with Crippen LogP contribution in [0.4, 0.5) is 16.4 Å². The Bertz CT molecular complexity index is 1200. The second-order valence-corrected chi connectivity index (χ2v) is 7.92. The lowest BCUT2D eigenvalue weighted by molar-refractivity contribution is 0.175. The molecule has 4 heterocycles. The molecule has 0 bridgehead atoms. The van der Waals surface area contributed by atoms with E-state index in [0.717, 1.165) is 37.9 Å². The highest BCUT2D eigenvalue weighted by Gasteiger charge is 2.25. The maximum atomic E-state index is 12.2. The molecule has 0 saturated carbocycles. The number of nitrogens with zero attached hydrogens (tertiary/aromatic N) is 7. The minimum atomic E-state index is -0.634. The molecule has 9 nitrogen and oxygen atoms in total. The highest BCUT2D eigenvalue weighted by molar-refractivity contribution is 5.97. The van der Waals surface area contributed by atoms with E-state index in [1.165, 1.54) is 10.5 Å². The van der Waals surface area contributed by atoms with Crippen LogP contribution < -0.4 is 10.6 Å². The van der Waals surface area contributed by atoms with Crippen molar-refractivity contribution in [1.29, 1.82) is 0 Å². The molecule has 2 N–H and O–H groups in total. The number of rotatable bonds is 5. The van der Waals surface area contributed by atoms with Gasteiger partial charge in [0, 0.05) is 38.2 Å². The highest BCUT2D eigenvalue weighted by Crippen LogP contribution is 2.28. The average Bonchev–Trinajstić information content (AvgIpc) is 3.24. The van der Waals surface area contributed by atoms with Crippen LogP contribution >= 0.6 is 0 Å². The first-order valence-electron chi connectivity index (χ1n) is 10.6. The summed E-state index contributed by atoms with van der Waals surface area (Å²) >= 11 is 0. The van der Waals surface area contributed by atoms with Crippen molar-refractivity contribution in [2.24, 2.45) is 5.73 Å². The zero-order valence-electron chi connectivity index (χ0n) is 17.6. The Hall–Kier alpha value is -3.85. The molecule has 0 radical (unpaired) electrons. The average molecular weight is 429 g/mol. The van der Waals surface area contributed by atoms with Crippen LogP contribution in [0.15, 0.2) is 67.3 Å². The quantitative estimate of drug-likeness (QED) is 0.523. The van der Waals surface area contributed by atoms with Crippen LogP contribution in [0.25, 0.3) is 11.0 Å². The molecule has 0 unspecified atom stereocenters. The summed E-state index contributed by atoms with van der Waals surface area (Å²) in [6.07, 6.45) is 9.12. The Morgan fingerprint density at radius 2 is 1.88 bits per heavy atom. The fraction of sp³-hybridized carbons (Fsp3) is 0.261. The molecule has 0 aliphatic carbocycles. The summed E-state index contributed by atoms with van der Waals surface area (Å²) in [5.74, 6) is 0.243. The molecular formula is C23H24N8O. The second-order valence-electron chi connectivity index (χ2n) is 7.92. The topological polar surface area (TPSA) is 106 Å². The van der Waals surface area contributed by atoms with Crippen molar-refractivity contribution < 1.29 is 4.79 Å². The first-order valence-corrected chi connectivity index (χ1v) is 10.6. The third-order valence-corrected chi connectivity index (χ3v) is 5.79. The van der Waals surface area contributed by atoms with Crippen LogP contribution in [0.2, 0.25) is 0 Å². The van der Waals surface area contributed by atoms with E-state index in [1.807, 2.05) is 35.1 Å². The number of carbonyl (C=O) groups excluding carboxylic acids is 1. The number of amides is 2. The summed E-state index contributed by atoms with van der Waals surface area (Å²) in [6, 6.07) is 12.8. The van der Waals surface area contributed by atoms with Gasteiger partial charge in [0.15, 0.2) is 5.65 Å². The first kappa shape index (κ1) is 20.1. The lowest BCUT2D eigenvalue weighted by atomic mass is 10.0. The normalized spacial score (nSPS) is 15.1. The molecule has 162 valence electrons. The number of para-hydroxylation sites is 1. The van der Waals surface area contributed by atoms with Gasteiger partial charge in [0.2, 0.25) is 5.95 Å². The maximum Gasteiger partial charge on any atom is 0.326 e. The molecule has 1 aliphatic rings. The first-order chi connectivity index (χ1) is 15.7. The van der Waals surface area contributed by atoms with E-state index in [2.05, 4.69) is 31.0 Å². The van der Waals surface area contributed by atoms with Crippen LogP contribution in [-0.2, 0) is 6.54 Å². The molecule has 2 amide bonds. The van der Waals surface area contributed by atoms with Crippen molar-refractivity contribution in [3.63, 3.8) is 0 Å². The number of pyridine rings is 1. The Labute approximate surface area is 185 Å². The van der Waals surface area contributed by atoms with Gasteiger partial charge >= 0.3 is 6.03 Å². The molecular weight excluding hydrogens is 404 g/mol. The molecule has 0 spiro atoms. The van der Waals surface area contributed by atoms with Crippen molar-refractivity contribution >= 4 is 28.7 Å². The van der Waals surface area contributed by atoms with Gasteiger partial charge in [-0.3, -0.25) is 9.88 Å². The Morgan fingerprint density at radius 1 is 1.06 bits per heavy atom. The van der Waals surface area contributed by atoms with Crippen LogP contribution in [0.3, 0.4) is 0 Å². The molecule has 9 heteroatoms. The van der Waals surface area contributed by atoms with E-state index in [9.17, 15) is 4.79 Å². The van der Waals surface area contributed by atoms with Gasteiger partial charge in [-0.1, -0.05) is 24.3 Å². The predicted octanol–water partition coefficient (Wildman–Crippen LogP) is 3.28. The standard InChI is InChI=1S/C23H24N8O/c24-22(32)30(19-6-2-1-3-7-19)23-26-14-18-15-27-31(21(18)28-23)20-8-11-29(12-9-20)16-17-5-4-10-25-13-17/h1-7,10,13-15,20H,8-9,11-12,16H2,(H2,24,32). The van der Waals surface area contributed by atoms with Gasteiger partial charge < -0.3 is 5.73 Å². The van der Waals surface area contributed by atoms with Crippen molar-refractivity contribution in [1.82, 2.24) is 29.6 Å². The number of anilines is 2. The smallest absolute Gasteiger partial charge is 0.326 e. The van der Waals surface area contributed by atoms with Crippen LogP contribution in [0.5, 0.6) is 0 Å². The summed E-state index contributed by atoms with van der Waals surface area (Å²) in [6.45, 7) is 2.84. The Kier molecular flexibility index (Phi) is 5.47. The van der Waals surface area contributed by atoms with Gasteiger partial charge in [-0.05, 0) is 36.6 Å². The summed E-state index contributed by atoms with van der Waals surface area (Å²) in [7, 11) is 0. The van der Waals surface area contributed by atoms with Gasteiger partial charge in [-0.25, -0.2) is 19.4 Å². The zero-order chi connectivity index (χ0) is 21.9. The fourth-order valence-electron chi connectivity index (χ4n) is 4.19. The van der Waals surface area contributed by atoms with Gasteiger partial charge in [0.25, 0.3) is 0 Å². The lowest BCUT2D eigenvalue weighted by Crippen LogP contribution is -2.35. The summed E-state index contributed by atoms with van der Waals surface area (Å²) in [4.78, 5) is 29.2. The SMILES string of the molecule is NC(=O)N(c1ccccc1)c1ncc2cnn(C3CCN(Cc4cccnc4)CC3)c2n1. The molecule has 3 aromatic heterocycles. The number of piperidine rings is 1. The zero-order valence-corrected chi connectivity index (χ0v) is 17.6. The molecule has 1 aliphatic heterocycles. The van der Waals surface area contributed by atoms with Crippen molar-refractivity contribution in [3.8, 4) is 0 Å². The van der Waals surface area contributed by atoms with Crippen molar-refractivity contribution in [3.05, 3.63) is 72.8 Å². The molecule has 5 rings (SSSR count). The van der Waals surface area contributed by atoms with Gasteiger partial charge in [-0.15, -0.1) is 0 Å². The number of hydrogen-bond acceptors (Lipinski definition) is 6. The molecule has 1 fully saturated rings. The molecule has 4 aromatic rings. The Morgan fingerprint density at radius 3 is 2.59 bits per heavy atom. The van der Waals surface area contributed by atoms with E-state index in [0.29, 0.717) is 11.3 Å². The fourth-order valence-corrected chi connectivity index (χ4v) is 4.19. The highest BCUT2D eigenvalue weighted by atomic mass is 16.2. The van der Waals surface area contributed by atoms with E-state index in [-0.39, 0.29) is 12.0 Å². The number of nitrogens with two attached hydrogens (primary N) is 1. The van der Waals surface area contributed by atoms with E-state index in [1.54, 1.807) is 30.7 Å². The number of carbonyl (C=O) groups is 1. The third kappa shape index (κ3) is 4.02. The number of aromatic nitrogens is 5. The molecule has 1 aromatic carbocycles. The van der Waals surface area contributed by atoms with Crippen molar-refractivity contribution in [2.75, 3.05) is 18.0 Å². The number of benzene rings is 1. The van der Waals surface area contributed by atoms with Gasteiger partial charge in [-0.2, -0.15) is 10.1 Å². The second kappa shape index (κ2) is 8.72. The number of fused-ring (bicyclic) bond motifs is 1. The largest absolute Gasteiger partial charge is 0.351 e. The van der Waals surface area contributed by atoms with Crippen LogP contribution in [0, 0.1) is 0 Å². The van der Waals surface area contributed by atoms with E-state index >= 15 is 0 Å². The number of likely N-dealkylation sites (tertiary alicyclic amines) is 1. The van der Waals surface area contributed by atoms with Crippen LogP contribution in [-0.4, -0.2) is 48.8 Å². The molecule has 1 saturated heterocycles. The minimum Gasteiger partial charge on any atom is -0.351 e. The minimum absolute atomic E-state index is 0.235.